The Morgan fingerprint density at radius 3 is 3.00 bits per heavy atom. The van der Waals surface area contributed by atoms with Crippen molar-refractivity contribution in [2.75, 3.05) is 0 Å². The van der Waals surface area contributed by atoms with Crippen LogP contribution in [0.1, 0.15) is 0 Å². The SMILES string of the molecule is O=[N+]([O-])c1nc2ccccn2n1. The lowest BCUT2D eigenvalue weighted by Crippen LogP contribution is -1.90. The topological polar surface area (TPSA) is 73.3 Å². The minimum Gasteiger partial charge on any atom is -0.390 e. The molecule has 2 heterocycles. The van der Waals surface area contributed by atoms with Gasteiger partial charge in [-0.05, 0) is 16.0 Å². The van der Waals surface area contributed by atoms with Crippen LogP contribution in [0, 0.1) is 10.1 Å². The Hall–Kier alpha value is -1.98. The van der Waals surface area contributed by atoms with Crippen molar-refractivity contribution in [2.24, 2.45) is 0 Å². The van der Waals surface area contributed by atoms with Crippen molar-refractivity contribution >= 4 is 11.6 Å². The fraction of sp³-hybridized carbons (Fsp3) is 0. The molecule has 0 atom stereocenters. The van der Waals surface area contributed by atoms with E-state index in [2.05, 4.69) is 10.1 Å². The van der Waals surface area contributed by atoms with Gasteiger partial charge in [0, 0.05) is 17.4 Å². The Kier molecular flexibility index (Phi) is 1.26. The molecule has 0 unspecified atom stereocenters. The summed E-state index contributed by atoms with van der Waals surface area (Å²) in [6.45, 7) is 0. The van der Waals surface area contributed by atoms with Gasteiger partial charge in [-0.25, -0.2) is 0 Å². The smallest absolute Gasteiger partial charge is 0.390 e. The number of nitrogens with zero attached hydrogens (tertiary/aromatic N) is 4. The first kappa shape index (κ1) is 6.71. The van der Waals surface area contributed by atoms with E-state index in [0.717, 1.165) is 0 Å². The van der Waals surface area contributed by atoms with E-state index in [1.807, 2.05) is 0 Å². The van der Waals surface area contributed by atoms with Crippen LogP contribution in [0.4, 0.5) is 5.95 Å². The van der Waals surface area contributed by atoms with Crippen molar-refractivity contribution < 1.29 is 4.92 Å². The van der Waals surface area contributed by atoms with E-state index in [1.54, 1.807) is 24.4 Å². The third-order valence-electron chi connectivity index (χ3n) is 1.39. The van der Waals surface area contributed by atoms with Gasteiger partial charge in [0.1, 0.15) is 0 Å². The van der Waals surface area contributed by atoms with Gasteiger partial charge in [0.2, 0.25) is 5.65 Å². The molecule has 12 heavy (non-hydrogen) atoms. The molecule has 0 radical (unpaired) electrons. The van der Waals surface area contributed by atoms with Gasteiger partial charge in [-0.2, -0.15) is 0 Å². The molecule has 2 aromatic heterocycles. The fourth-order valence-corrected chi connectivity index (χ4v) is 0.897. The lowest BCUT2D eigenvalue weighted by Gasteiger charge is -1.81. The Morgan fingerprint density at radius 1 is 1.50 bits per heavy atom. The molecule has 0 aromatic carbocycles. The van der Waals surface area contributed by atoms with Gasteiger partial charge in [0.05, 0.1) is 0 Å². The molecule has 0 N–H and O–H groups in total. The summed E-state index contributed by atoms with van der Waals surface area (Å²) in [6, 6.07) is 5.12. The quantitative estimate of drug-likeness (QED) is 0.457. The molecular weight excluding hydrogens is 160 g/mol. The van der Waals surface area contributed by atoms with Crippen molar-refractivity contribution in [3.05, 3.63) is 34.5 Å². The fourth-order valence-electron chi connectivity index (χ4n) is 0.897. The van der Waals surface area contributed by atoms with Crippen LogP contribution in [0.25, 0.3) is 5.65 Å². The number of nitro groups is 1. The summed E-state index contributed by atoms with van der Waals surface area (Å²) in [5, 5.41) is 13.9. The molecule has 0 bridgehead atoms. The predicted molar refractivity (Wildman–Crippen MR) is 39.6 cm³/mol. The highest BCUT2D eigenvalue weighted by atomic mass is 16.6. The summed E-state index contributed by atoms with van der Waals surface area (Å²) in [4.78, 5) is 13.3. The summed E-state index contributed by atoms with van der Waals surface area (Å²) < 4.78 is 1.36. The van der Waals surface area contributed by atoms with Gasteiger partial charge >= 0.3 is 5.95 Å². The summed E-state index contributed by atoms with van der Waals surface area (Å²) in [7, 11) is 0. The van der Waals surface area contributed by atoms with E-state index >= 15 is 0 Å². The van der Waals surface area contributed by atoms with Crippen LogP contribution in [0.15, 0.2) is 24.4 Å². The number of aromatic nitrogens is 3. The monoisotopic (exact) mass is 164 g/mol. The molecule has 0 aliphatic heterocycles. The Labute approximate surface area is 66.6 Å². The van der Waals surface area contributed by atoms with Crippen LogP contribution in [-0.4, -0.2) is 19.5 Å². The summed E-state index contributed by atoms with van der Waals surface area (Å²) in [5.74, 6) is -0.374. The van der Waals surface area contributed by atoms with Crippen LogP contribution >= 0.6 is 0 Å². The van der Waals surface area contributed by atoms with Gasteiger partial charge in [0.25, 0.3) is 0 Å². The lowest BCUT2D eigenvalue weighted by molar-refractivity contribution is -0.394. The normalized spacial score (nSPS) is 10.3. The molecule has 0 spiro atoms. The highest BCUT2D eigenvalue weighted by Crippen LogP contribution is 2.05. The Morgan fingerprint density at radius 2 is 2.33 bits per heavy atom. The first-order chi connectivity index (χ1) is 5.77. The molecule has 6 nitrogen and oxygen atoms in total. The van der Waals surface area contributed by atoms with Crippen molar-refractivity contribution in [3.8, 4) is 0 Å². The van der Waals surface area contributed by atoms with E-state index in [4.69, 9.17) is 0 Å². The minimum absolute atomic E-state index is 0.374. The van der Waals surface area contributed by atoms with Crippen LogP contribution in [-0.2, 0) is 0 Å². The number of hydrogen-bond donors (Lipinski definition) is 0. The van der Waals surface area contributed by atoms with Crippen LogP contribution < -0.4 is 0 Å². The van der Waals surface area contributed by atoms with Gasteiger partial charge in [-0.1, -0.05) is 6.07 Å². The Bertz CT molecular complexity index is 403. The summed E-state index contributed by atoms with van der Waals surface area (Å²) >= 11 is 0. The zero-order chi connectivity index (χ0) is 8.55. The van der Waals surface area contributed by atoms with E-state index in [0.29, 0.717) is 5.65 Å². The molecule has 0 saturated heterocycles. The highest BCUT2D eigenvalue weighted by molar-refractivity contribution is 5.38. The molecule has 0 fully saturated rings. The zero-order valence-electron chi connectivity index (χ0n) is 5.91. The van der Waals surface area contributed by atoms with Crippen molar-refractivity contribution in [2.45, 2.75) is 0 Å². The molecule has 0 aliphatic rings. The second-order valence-corrected chi connectivity index (χ2v) is 2.17. The van der Waals surface area contributed by atoms with Gasteiger partial charge < -0.3 is 10.1 Å². The van der Waals surface area contributed by atoms with Gasteiger partial charge in [-0.15, -0.1) is 4.52 Å². The standard InChI is InChI=1S/C6H4N4O2/c11-10(12)6-7-5-3-1-2-4-9(5)8-6/h1-4H. The van der Waals surface area contributed by atoms with Gasteiger partial charge in [0.15, 0.2) is 0 Å². The molecule has 0 saturated carbocycles. The lowest BCUT2D eigenvalue weighted by atomic mass is 10.5. The third kappa shape index (κ3) is 0.895. The van der Waals surface area contributed by atoms with Crippen LogP contribution in [0.2, 0.25) is 0 Å². The highest BCUT2D eigenvalue weighted by Gasteiger charge is 2.13. The van der Waals surface area contributed by atoms with Crippen LogP contribution in [0.5, 0.6) is 0 Å². The molecular formula is C6H4N4O2. The maximum Gasteiger partial charge on any atom is 0.491 e. The van der Waals surface area contributed by atoms with Crippen molar-refractivity contribution in [1.29, 1.82) is 0 Å². The van der Waals surface area contributed by atoms with E-state index in [-0.39, 0.29) is 5.95 Å². The molecule has 0 aliphatic carbocycles. The predicted octanol–water partition coefficient (Wildman–Crippen LogP) is 0.637. The second-order valence-electron chi connectivity index (χ2n) is 2.17. The molecule has 6 heteroatoms. The first-order valence-corrected chi connectivity index (χ1v) is 3.23. The number of pyridine rings is 1. The van der Waals surface area contributed by atoms with Crippen LogP contribution in [0.3, 0.4) is 0 Å². The number of fused-ring (bicyclic) bond motifs is 1. The number of rotatable bonds is 1. The zero-order valence-corrected chi connectivity index (χ0v) is 5.91. The van der Waals surface area contributed by atoms with Crippen molar-refractivity contribution in [1.82, 2.24) is 14.6 Å². The van der Waals surface area contributed by atoms with E-state index in [9.17, 15) is 10.1 Å². The third-order valence-corrected chi connectivity index (χ3v) is 1.39. The first-order valence-electron chi connectivity index (χ1n) is 3.23. The largest absolute Gasteiger partial charge is 0.491 e. The molecule has 60 valence electrons. The van der Waals surface area contributed by atoms with E-state index in [1.165, 1.54) is 4.52 Å². The van der Waals surface area contributed by atoms with E-state index < -0.39 is 4.92 Å². The maximum atomic E-state index is 10.2. The maximum absolute atomic E-state index is 10.2. The molecule has 2 rings (SSSR count). The summed E-state index contributed by atoms with van der Waals surface area (Å²) in [5.41, 5.74) is 0.476. The van der Waals surface area contributed by atoms with Gasteiger partial charge in [-0.3, -0.25) is 0 Å². The molecule has 2 aromatic rings. The minimum atomic E-state index is -0.618. The Balaban J connectivity index is 2.70. The number of hydrogen-bond acceptors (Lipinski definition) is 4. The summed E-state index contributed by atoms with van der Waals surface area (Å²) in [6.07, 6.45) is 1.61. The second kappa shape index (κ2) is 2.26. The van der Waals surface area contributed by atoms with Crippen molar-refractivity contribution in [3.63, 3.8) is 0 Å². The molecule has 0 amide bonds. The average Bonchev–Trinajstić information content (AvgIpc) is 2.46. The average molecular weight is 164 g/mol.